The van der Waals surface area contributed by atoms with E-state index in [1.165, 1.54) is 0 Å². The fourth-order valence-corrected chi connectivity index (χ4v) is 1.32. The zero-order chi connectivity index (χ0) is 8.72. The van der Waals surface area contributed by atoms with Crippen molar-refractivity contribution in [2.45, 2.75) is 6.92 Å². The number of hydrogen-bond acceptors (Lipinski definition) is 1. The van der Waals surface area contributed by atoms with Crippen LogP contribution in [-0.4, -0.2) is 17.2 Å². The van der Waals surface area contributed by atoms with E-state index >= 15 is 0 Å². The number of imidazole rings is 1. The summed E-state index contributed by atoms with van der Waals surface area (Å²) in [5, 5.41) is 0.580. The summed E-state index contributed by atoms with van der Waals surface area (Å²) in [5.74, 6) is 0. The van der Waals surface area contributed by atoms with E-state index in [0.29, 0.717) is 10.6 Å². The normalized spacial score (nSPS) is 10.8. The van der Waals surface area contributed by atoms with Crippen LogP contribution in [0.25, 0.3) is 5.65 Å². The first-order chi connectivity index (χ1) is 5.70. The monoisotopic (exact) mass is 176 g/mol. The van der Waals surface area contributed by atoms with Gasteiger partial charge in [0.1, 0.15) is 18.6 Å². The molecule has 0 unspecified atom stereocenters. The molecule has 2 aromatic rings. The van der Waals surface area contributed by atoms with Gasteiger partial charge in [0.05, 0.1) is 6.20 Å². The number of fused-ring (bicyclic) bond motifs is 1. The summed E-state index contributed by atoms with van der Waals surface area (Å²) < 4.78 is 1.75. The summed E-state index contributed by atoms with van der Waals surface area (Å²) in [6.07, 6.45) is 3.45. The number of nitrogens with zero attached hydrogens (tertiary/aromatic N) is 2. The number of pyridine rings is 1. The molecule has 0 aromatic carbocycles. The van der Waals surface area contributed by atoms with Crippen LogP contribution in [-0.2, 0) is 0 Å². The maximum absolute atomic E-state index is 5.84. The van der Waals surface area contributed by atoms with Crippen molar-refractivity contribution in [1.82, 2.24) is 9.38 Å². The van der Waals surface area contributed by atoms with E-state index in [1.54, 1.807) is 10.6 Å². The van der Waals surface area contributed by atoms with Crippen LogP contribution < -0.4 is 5.46 Å². The Labute approximate surface area is 76.6 Å². The van der Waals surface area contributed by atoms with Gasteiger partial charge in [-0.1, -0.05) is 22.6 Å². The molecule has 2 radical (unpaired) electrons. The molecule has 0 saturated carbocycles. The van der Waals surface area contributed by atoms with Crippen LogP contribution in [0.3, 0.4) is 0 Å². The predicted octanol–water partition coefficient (Wildman–Crippen LogP) is 1.09. The Kier molecular flexibility index (Phi) is 1.62. The van der Waals surface area contributed by atoms with E-state index in [4.69, 9.17) is 19.4 Å². The van der Waals surface area contributed by atoms with E-state index in [1.807, 2.05) is 19.2 Å². The van der Waals surface area contributed by atoms with Crippen molar-refractivity contribution in [2.75, 3.05) is 0 Å². The summed E-state index contributed by atoms with van der Waals surface area (Å²) >= 11 is 5.84. The van der Waals surface area contributed by atoms with Crippen LogP contribution in [0.4, 0.5) is 0 Å². The lowest BCUT2D eigenvalue weighted by Gasteiger charge is -2.01. The summed E-state index contributed by atoms with van der Waals surface area (Å²) in [6, 6.07) is 1.91. The Bertz CT molecular complexity index is 436. The minimum atomic E-state index is 0.580. The number of aromatic nitrogens is 2. The Morgan fingerprint density at radius 1 is 1.58 bits per heavy atom. The van der Waals surface area contributed by atoms with Gasteiger partial charge in [-0.15, -0.1) is 0 Å². The second-order valence-corrected chi connectivity index (χ2v) is 3.07. The van der Waals surface area contributed by atoms with Gasteiger partial charge in [-0.05, 0) is 13.0 Å². The van der Waals surface area contributed by atoms with E-state index in [9.17, 15) is 0 Å². The zero-order valence-electron chi connectivity index (χ0n) is 6.58. The number of aryl methyl sites for hydroxylation is 1. The number of hydrogen-bond donors (Lipinski definition) is 0. The van der Waals surface area contributed by atoms with Gasteiger partial charge in [0.25, 0.3) is 0 Å². The highest BCUT2D eigenvalue weighted by Crippen LogP contribution is 2.10. The molecule has 12 heavy (non-hydrogen) atoms. The van der Waals surface area contributed by atoms with Crippen molar-refractivity contribution in [3.63, 3.8) is 0 Å². The second kappa shape index (κ2) is 2.52. The predicted molar refractivity (Wildman–Crippen MR) is 50.3 cm³/mol. The van der Waals surface area contributed by atoms with Crippen molar-refractivity contribution < 1.29 is 0 Å². The fraction of sp³-hybridized carbons (Fsp3) is 0.125. The van der Waals surface area contributed by atoms with Crippen LogP contribution in [0.2, 0.25) is 5.15 Å². The second-order valence-electron chi connectivity index (χ2n) is 2.69. The maximum Gasteiger partial charge on any atom is 0.133 e. The van der Waals surface area contributed by atoms with Crippen LogP contribution >= 0.6 is 11.6 Å². The zero-order valence-corrected chi connectivity index (χ0v) is 7.34. The SMILES string of the molecule is [B]c1c(C)ccn2c(Cl)cnc12. The molecule has 0 atom stereocenters. The minimum Gasteiger partial charge on any atom is -0.291 e. The van der Waals surface area contributed by atoms with Gasteiger partial charge >= 0.3 is 0 Å². The van der Waals surface area contributed by atoms with Crippen molar-refractivity contribution >= 4 is 30.6 Å². The topological polar surface area (TPSA) is 17.3 Å². The van der Waals surface area contributed by atoms with Crippen LogP contribution in [0.1, 0.15) is 5.56 Å². The molecule has 2 heterocycles. The first kappa shape index (κ1) is 7.68. The molecule has 2 rings (SSSR count). The molecule has 0 aliphatic carbocycles. The lowest BCUT2D eigenvalue weighted by Crippen LogP contribution is -2.11. The van der Waals surface area contributed by atoms with Crippen molar-refractivity contribution in [3.05, 3.63) is 29.2 Å². The molecule has 0 bridgehead atoms. The Balaban J connectivity index is 2.93. The van der Waals surface area contributed by atoms with Crippen LogP contribution in [0.5, 0.6) is 0 Å². The average molecular weight is 176 g/mol. The van der Waals surface area contributed by atoms with E-state index in [-0.39, 0.29) is 0 Å². The van der Waals surface area contributed by atoms with Gasteiger partial charge in [-0.2, -0.15) is 0 Å². The highest BCUT2D eigenvalue weighted by atomic mass is 35.5. The number of halogens is 1. The van der Waals surface area contributed by atoms with E-state index < -0.39 is 0 Å². The first-order valence-corrected chi connectivity index (χ1v) is 3.95. The molecule has 4 heteroatoms. The summed E-state index contributed by atoms with van der Waals surface area (Å²) in [5.41, 5.74) is 2.43. The van der Waals surface area contributed by atoms with Crippen LogP contribution in [0, 0.1) is 6.92 Å². The quantitative estimate of drug-likeness (QED) is 0.549. The van der Waals surface area contributed by atoms with Gasteiger partial charge in [0.2, 0.25) is 0 Å². The Hall–Kier alpha value is -0.955. The molecule has 58 valence electrons. The van der Waals surface area contributed by atoms with E-state index in [2.05, 4.69) is 4.98 Å². The smallest absolute Gasteiger partial charge is 0.133 e. The van der Waals surface area contributed by atoms with Crippen molar-refractivity contribution in [3.8, 4) is 0 Å². The standard InChI is InChI=1S/C8H6BClN2/c1-5-2-3-12-6(10)4-11-8(12)7(5)9/h2-4H,1H3. The fourth-order valence-electron chi connectivity index (χ4n) is 1.13. The Morgan fingerprint density at radius 2 is 2.33 bits per heavy atom. The molecule has 0 fully saturated rings. The Morgan fingerprint density at radius 3 is 3.08 bits per heavy atom. The van der Waals surface area contributed by atoms with Gasteiger partial charge in [-0.25, -0.2) is 4.98 Å². The molecule has 0 amide bonds. The molecular weight excluding hydrogens is 170 g/mol. The highest BCUT2D eigenvalue weighted by molar-refractivity contribution is 6.37. The molecule has 0 spiro atoms. The molecular formula is C8H6BClN2. The molecule has 0 N–H and O–H groups in total. The summed E-state index contributed by atoms with van der Waals surface area (Å²) in [4.78, 5) is 4.08. The molecule has 0 aliphatic rings. The number of rotatable bonds is 0. The first-order valence-electron chi connectivity index (χ1n) is 3.58. The largest absolute Gasteiger partial charge is 0.291 e. The minimum absolute atomic E-state index is 0.580. The van der Waals surface area contributed by atoms with Gasteiger partial charge in [0.15, 0.2) is 0 Å². The van der Waals surface area contributed by atoms with E-state index in [0.717, 1.165) is 11.2 Å². The third-order valence-electron chi connectivity index (χ3n) is 1.89. The lowest BCUT2D eigenvalue weighted by atomic mass is 9.93. The van der Waals surface area contributed by atoms with Crippen molar-refractivity contribution in [1.29, 1.82) is 0 Å². The third kappa shape index (κ3) is 0.933. The summed E-state index contributed by atoms with van der Waals surface area (Å²) in [6.45, 7) is 1.94. The lowest BCUT2D eigenvalue weighted by molar-refractivity contribution is 1.18. The summed E-state index contributed by atoms with van der Waals surface area (Å²) in [7, 11) is 5.79. The third-order valence-corrected chi connectivity index (χ3v) is 2.17. The average Bonchev–Trinajstić information content (AvgIpc) is 2.41. The molecule has 2 aromatic heterocycles. The maximum atomic E-state index is 5.84. The molecule has 2 nitrogen and oxygen atoms in total. The highest BCUT2D eigenvalue weighted by Gasteiger charge is 2.03. The van der Waals surface area contributed by atoms with Gasteiger partial charge < -0.3 is 0 Å². The van der Waals surface area contributed by atoms with Crippen LogP contribution in [0.15, 0.2) is 18.5 Å². The van der Waals surface area contributed by atoms with Gasteiger partial charge in [0, 0.05) is 6.20 Å². The molecule has 0 aliphatic heterocycles. The van der Waals surface area contributed by atoms with Crippen molar-refractivity contribution in [2.24, 2.45) is 0 Å². The van der Waals surface area contributed by atoms with Gasteiger partial charge in [-0.3, -0.25) is 4.40 Å². The molecule has 0 saturated heterocycles.